The van der Waals surface area contributed by atoms with Crippen LogP contribution in [0.5, 0.6) is 11.5 Å². The first-order chi connectivity index (χ1) is 11.6. The Balaban J connectivity index is 0.00000338. The number of ether oxygens (including phenoxy) is 2. The molecule has 0 radical (unpaired) electrons. The van der Waals surface area contributed by atoms with Gasteiger partial charge in [-0.2, -0.15) is 4.72 Å². The molecule has 1 atom stereocenters. The maximum Gasteiger partial charge on any atom is 0.241 e. The third kappa shape index (κ3) is 6.31. The Morgan fingerprint density at radius 2 is 1.88 bits per heavy atom. The first kappa shape index (κ1) is 22.5. The molecule has 148 valence electrons. The quantitative estimate of drug-likeness (QED) is 0.641. The van der Waals surface area contributed by atoms with Gasteiger partial charge in [0.15, 0.2) is 11.5 Å². The van der Waals surface area contributed by atoms with Gasteiger partial charge >= 0.3 is 0 Å². The lowest BCUT2D eigenvalue weighted by Crippen LogP contribution is -2.50. The van der Waals surface area contributed by atoms with Crippen molar-refractivity contribution < 1.29 is 22.7 Å². The second-order valence-corrected chi connectivity index (χ2v) is 8.42. The molecule has 8 nitrogen and oxygen atoms in total. The van der Waals surface area contributed by atoms with Crippen LogP contribution in [0.25, 0.3) is 0 Å². The van der Waals surface area contributed by atoms with Gasteiger partial charge in [-0.15, -0.1) is 12.4 Å². The Kier molecular flexibility index (Phi) is 7.70. The molecule has 1 aliphatic heterocycles. The van der Waals surface area contributed by atoms with Crippen LogP contribution < -0.4 is 25.2 Å². The summed E-state index contributed by atoms with van der Waals surface area (Å²) in [5.41, 5.74) is 5.22. The first-order valence-electron chi connectivity index (χ1n) is 8.07. The molecule has 10 heteroatoms. The molecule has 1 unspecified atom stereocenters. The maximum absolute atomic E-state index is 12.5. The highest BCUT2D eigenvalue weighted by Crippen LogP contribution is 2.31. The zero-order valence-corrected chi connectivity index (χ0v) is 16.7. The summed E-state index contributed by atoms with van der Waals surface area (Å²) in [6.07, 6.45) is 0.726. The van der Waals surface area contributed by atoms with Gasteiger partial charge in [-0.05, 0) is 32.9 Å². The molecule has 1 aliphatic rings. The molecule has 0 aliphatic carbocycles. The summed E-state index contributed by atoms with van der Waals surface area (Å²) in [6, 6.07) is 3.43. The van der Waals surface area contributed by atoms with Crippen molar-refractivity contribution in [3.63, 3.8) is 0 Å². The number of hydrogen-bond acceptors (Lipinski definition) is 6. The third-order valence-corrected chi connectivity index (χ3v) is 5.01. The summed E-state index contributed by atoms with van der Waals surface area (Å²) in [7, 11) is -3.88. The number of nitrogens with two attached hydrogens (primary N) is 1. The van der Waals surface area contributed by atoms with Gasteiger partial charge in [0.05, 0.1) is 24.2 Å². The van der Waals surface area contributed by atoms with Crippen LogP contribution in [0.3, 0.4) is 0 Å². The minimum Gasteiger partial charge on any atom is -0.490 e. The van der Waals surface area contributed by atoms with E-state index in [4.69, 9.17) is 15.2 Å². The monoisotopic (exact) mass is 407 g/mol. The fraction of sp³-hybridized carbons (Fsp3) is 0.562. The SMILES string of the molecule is CC(NS(=O)(=O)c1ccc2c(c1)OCCCO2)C(=O)NCC(C)(C)N.Cl. The molecule has 0 bridgehead atoms. The third-order valence-electron chi connectivity index (χ3n) is 3.47. The lowest BCUT2D eigenvalue weighted by Gasteiger charge is -2.21. The van der Waals surface area contributed by atoms with Crippen LogP contribution in [0, 0.1) is 0 Å². The standard InChI is InChI=1S/C16H25N3O5S.ClH/c1-11(15(20)18-10-16(2,3)17)19-25(21,22)12-5-6-13-14(9-12)24-8-4-7-23-13;/h5-6,9,11,19H,4,7-8,10,17H2,1-3H3,(H,18,20);1H. The summed E-state index contributed by atoms with van der Waals surface area (Å²) in [5.74, 6) is 0.436. The molecule has 1 heterocycles. The lowest BCUT2D eigenvalue weighted by molar-refractivity contribution is -0.122. The fourth-order valence-corrected chi connectivity index (χ4v) is 3.35. The summed E-state index contributed by atoms with van der Waals surface area (Å²) < 4.78 is 38.4. The van der Waals surface area contributed by atoms with E-state index in [0.29, 0.717) is 24.7 Å². The van der Waals surface area contributed by atoms with Crippen molar-refractivity contribution in [2.24, 2.45) is 5.73 Å². The number of halogens is 1. The Labute approximate surface area is 160 Å². The van der Waals surface area contributed by atoms with Crippen molar-refractivity contribution >= 4 is 28.3 Å². The predicted molar refractivity (Wildman–Crippen MR) is 100 cm³/mol. The highest BCUT2D eigenvalue weighted by molar-refractivity contribution is 7.89. The number of fused-ring (bicyclic) bond motifs is 1. The Morgan fingerprint density at radius 1 is 1.27 bits per heavy atom. The Bertz CT molecular complexity index is 734. The maximum atomic E-state index is 12.5. The molecule has 1 amide bonds. The van der Waals surface area contributed by atoms with Crippen molar-refractivity contribution in [1.29, 1.82) is 0 Å². The van der Waals surface area contributed by atoms with Crippen LogP contribution in [-0.2, 0) is 14.8 Å². The van der Waals surface area contributed by atoms with Gasteiger partial charge in [0, 0.05) is 24.6 Å². The van der Waals surface area contributed by atoms with Crippen LogP contribution in [0.1, 0.15) is 27.2 Å². The zero-order chi connectivity index (χ0) is 18.7. The predicted octanol–water partition coefficient (Wildman–Crippen LogP) is 0.790. The second-order valence-electron chi connectivity index (χ2n) is 6.71. The topological polar surface area (TPSA) is 120 Å². The largest absolute Gasteiger partial charge is 0.490 e. The van der Waals surface area contributed by atoms with Crippen LogP contribution in [0.4, 0.5) is 0 Å². The van der Waals surface area contributed by atoms with E-state index in [9.17, 15) is 13.2 Å². The molecule has 4 N–H and O–H groups in total. The van der Waals surface area contributed by atoms with E-state index in [2.05, 4.69) is 10.0 Å². The van der Waals surface area contributed by atoms with E-state index in [1.54, 1.807) is 19.9 Å². The van der Waals surface area contributed by atoms with Gasteiger partial charge in [0.1, 0.15) is 0 Å². The van der Waals surface area contributed by atoms with E-state index in [0.717, 1.165) is 6.42 Å². The number of benzene rings is 1. The van der Waals surface area contributed by atoms with Gasteiger partial charge in [0.25, 0.3) is 0 Å². The molecular formula is C16H26ClN3O5S. The number of rotatable bonds is 6. The molecule has 0 spiro atoms. The highest BCUT2D eigenvalue weighted by atomic mass is 35.5. The van der Waals surface area contributed by atoms with Gasteiger partial charge < -0.3 is 20.5 Å². The molecule has 26 heavy (non-hydrogen) atoms. The van der Waals surface area contributed by atoms with Crippen LogP contribution in [0.2, 0.25) is 0 Å². The molecule has 0 fully saturated rings. The Hall–Kier alpha value is -1.55. The highest BCUT2D eigenvalue weighted by Gasteiger charge is 2.24. The Morgan fingerprint density at radius 3 is 2.50 bits per heavy atom. The van der Waals surface area contributed by atoms with Crippen LogP contribution in [-0.4, -0.2) is 45.7 Å². The number of carbonyl (C=O) groups excluding carboxylic acids is 1. The fourth-order valence-electron chi connectivity index (χ4n) is 2.13. The average Bonchev–Trinajstić information content (AvgIpc) is 2.75. The molecule has 0 aromatic heterocycles. The summed E-state index contributed by atoms with van der Waals surface area (Å²) >= 11 is 0. The molecule has 1 aromatic carbocycles. The van der Waals surface area contributed by atoms with Gasteiger partial charge in [-0.25, -0.2) is 8.42 Å². The average molecular weight is 408 g/mol. The molecule has 1 aromatic rings. The molecular weight excluding hydrogens is 382 g/mol. The van der Waals surface area contributed by atoms with Gasteiger partial charge in [-0.1, -0.05) is 0 Å². The number of amides is 1. The summed E-state index contributed by atoms with van der Waals surface area (Å²) in [4.78, 5) is 12.0. The van der Waals surface area contributed by atoms with Crippen molar-refractivity contribution in [3.8, 4) is 11.5 Å². The molecule has 2 rings (SSSR count). The first-order valence-corrected chi connectivity index (χ1v) is 9.55. The van der Waals surface area contributed by atoms with Crippen molar-refractivity contribution in [2.45, 2.75) is 43.7 Å². The number of sulfonamides is 1. The van der Waals surface area contributed by atoms with Gasteiger partial charge in [0.2, 0.25) is 15.9 Å². The van der Waals surface area contributed by atoms with Crippen LogP contribution in [0.15, 0.2) is 23.1 Å². The lowest BCUT2D eigenvalue weighted by atomic mass is 10.1. The zero-order valence-electron chi connectivity index (χ0n) is 15.1. The van der Waals surface area contributed by atoms with E-state index >= 15 is 0 Å². The van der Waals surface area contributed by atoms with E-state index in [-0.39, 0.29) is 23.8 Å². The van der Waals surface area contributed by atoms with Crippen molar-refractivity contribution in [2.75, 3.05) is 19.8 Å². The number of hydrogen-bond donors (Lipinski definition) is 3. The smallest absolute Gasteiger partial charge is 0.241 e. The normalized spacial score (nSPS) is 15.4. The summed E-state index contributed by atoms with van der Waals surface area (Å²) in [5, 5.41) is 2.62. The molecule has 0 saturated heterocycles. The minimum absolute atomic E-state index is 0. The van der Waals surface area contributed by atoms with Crippen molar-refractivity contribution in [3.05, 3.63) is 18.2 Å². The number of carbonyl (C=O) groups is 1. The second kappa shape index (κ2) is 8.90. The van der Waals surface area contributed by atoms with Crippen LogP contribution >= 0.6 is 12.4 Å². The summed E-state index contributed by atoms with van der Waals surface area (Å²) in [6.45, 7) is 6.21. The van der Waals surface area contributed by atoms with E-state index in [1.165, 1.54) is 19.1 Å². The minimum atomic E-state index is -3.88. The van der Waals surface area contributed by atoms with E-state index < -0.39 is 27.5 Å². The van der Waals surface area contributed by atoms with Gasteiger partial charge in [-0.3, -0.25) is 4.79 Å². The molecule has 0 saturated carbocycles. The van der Waals surface area contributed by atoms with E-state index in [1.807, 2.05) is 0 Å². The van der Waals surface area contributed by atoms with Crippen molar-refractivity contribution in [1.82, 2.24) is 10.0 Å². The number of nitrogens with one attached hydrogen (secondary N) is 2.